The van der Waals surface area contributed by atoms with E-state index < -0.39 is 15.5 Å². The smallest absolute Gasteiger partial charge is 0.186 e. The number of benzene rings is 1. The summed E-state index contributed by atoms with van der Waals surface area (Å²) in [5, 5.41) is 1.37. The van der Waals surface area contributed by atoms with Gasteiger partial charge in [-0.1, -0.05) is 68.9 Å². The third-order valence-electron chi connectivity index (χ3n) is 4.14. The average Bonchev–Trinajstić information content (AvgIpc) is 2.43. The monoisotopic (exact) mass is 354 g/mol. The van der Waals surface area contributed by atoms with Gasteiger partial charge in [-0.2, -0.15) is 11.1 Å². The van der Waals surface area contributed by atoms with Gasteiger partial charge in [0.25, 0.3) is 0 Å². The Hall–Kier alpha value is -0.386. The maximum atomic E-state index is 11.1. The molecule has 0 amide bonds. The van der Waals surface area contributed by atoms with Gasteiger partial charge in [0.1, 0.15) is 5.78 Å². The molecule has 4 heteroatoms. The van der Waals surface area contributed by atoms with E-state index in [1.54, 1.807) is 6.92 Å². The molecule has 0 heterocycles. The van der Waals surface area contributed by atoms with E-state index in [1.807, 2.05) is 0 Å². The first-order valence-corrected chi connectivity index (χ1v) is 15.6. The third kappa shape index (κ3) is 7.75. The van der Waals surface area contributed by atoms with E-state index >= 15 is 0 Å². The van der Waals surface area contributed by atoms with E-state index in [0.717, 1.165) is 18.9 Å². The second kappa shape index (κ2) is 9.04. The zero-order valence-corrected chi connectivity index (χ0v) is 17.4. The van der Waals surface area contributed by atoms with Crippen molar-refractivity contribution in [2.75, 3.05) is 0 Å². The van der Waals surface area contributed by atoms with Crippen LogP contribution in [0.2, 0.25) is 37.8 Å². The van der Waals surface area contributed by atoms with Crippen molar-refractivity contribution in [1.82, 2.24) is 0 Å². The fraction of sp³-hybridized carbons (Fsp3) is 0.611. The molecule has 0 aliphatic carbocycles. The van der Waals surface area contributed by atoms with Gasteiger partial charge in [-0.3, -0.25) is 0 Å². The molecule has 1 nitrogen and oxygen atoms in total. The van der Waals surface area contributed by atoms with Crippen molar-refractivity contribution in [2.45, 2.75) is 70.4 Å². The van der Waals surface area contributed by atoms with Crippen LogP contribution in [0.5, 0.6) is 0 Å². The van der Waals surface area contributed by atoms with Crippen molar-refractivity contribution in [1.29, 1.82) is 0 Å². The Morgan fingerprint density at radius 1 is 0.955 bits per heavy atom. The maximum absolute atomic E-state index is 11.1. The lowest BCUT2D eigenvalue weighted by Gasteiger charge is -2.26. The van der Waals surface area contributed by atoms with Crippen LogP contribution in [-0.2, 0) is 4.79 Å². The van der Waals surface area contributed by atoms with E-state index in [9.17, 15) is 4.79 Å². The van der Waals surface area contributed by atoms with Gasteiger partial charge in [0.15, 0.2) is 7.38 Å². The van der Waals surface area contributed by atoms with Gasteiger partial charge in [-0.05, 0) is 30.6 Å². The number of hydrogen-bond acceptors (Lipinski definition) is 1. The van der Waals surface area contributed by atoms with Crippen molar-refractivity contribution in [3.05, 3.63) is 30.3 Å². The number of halogens is 1. The lowest BCUT2D eigenvalue weighted by atomic mass is 10.2. The van der Waals surface area contributed by atoms with Gasteiger partial charge in [0.05, 0.1) is 0 Å². The van der Waals surface area contributed by atoms with Crippen molar-refractivity contribution in [3.63, 3.8) is 0 Å². The lowest BCUT2D eigenvalue weighted by molar-refractivity contribution is -0.117. The topological polar surface area (TPSA) is 17.1 Å². The van der Waals surface area contributed by atoms with E-state index in [4.69, 9.17) is 11.1 Å². The average molecular weight is 355 g/mol. The Balaban J connectivity index is 2.66. The molecule has 0 aliphatic heterocycles. The first-order valence-electron chi connectivity index (χ1n) is 8.47. The van der Waals surface area contributed by atoms with Gasteiger partial charge in [-0.25, -0.2) is 0 Å². The lowest BCUT2D eigenvalue weighted by Crippen LogP contribution is -2.42. The molecule has 0 radical (unpaired) electrons. The molecule has 0 spiro atoms. The standard InChI is InChI=1S/C18H31ClOSi2/c1-17(20)11-8-9-15-22(19,16-10-14-21(2,3)4)18-12-6-5-7-13-18/h5-7,12-13H,8-11,14-16H2,1-4H3. The minimum atomic E-state index is -1.91. The largest absolute Gasteiger partial charge is 0.300 e. The molecule has 1 aromatic rings. The van der Waals surface area contributed by atoms with Crippen molar-refractivity contribution >= 4 is 37.5 Å². The summed E-state index contributed by atoms with van der Waals surface area (Å²) in [7, 11) is -2.91. The minimum Gasteiger partial charge on any atom is -0.300 e. The molecule has 0 aliphatic rings. The van der Waals surface area contributed by atoms with Crippen molar-refractivity contribution < 1.29 is 4.79 Å². The van der Waals surface area contributed by atoms with Crippen molar-refractivity contribution in [2.24, 2.45) is 0 Å². The highest BCUT2D eigenvalue weighted by Crippen LogP contribution is 2.28. The van der Waals surface area contributed by atoms with Gasteiger partial charge < -0.3 is 4.79 Å². The number of hydrogen-bond donors (Lipinski definition) is 0. The molecule has 0 saturated carbocycles. The Kier molecular flexibility index (Phi) is 8.08. The zero-order valence-electron chi connectivity index (χ0n) is 14.6. The molecule has 124 valence electrons. The quantitative estimate of drug-likeness (QED) is 0.305. The Labute approximate surface area is 143 Å². The molecule has 1 aromatic carbocycles. The SMILES string of the molecule is CC(=O)CCCC[Si](Cl)(CCC[Si](C)(C)C)c1ccccc1. The van der Waals surface area contributed by atoms with E-state index in [2.05, 4.69) is 50.0 Å². The second-order valence-corrected chi connectivity index (χ2v) is 19.0. The highest BCUT2D eigenvalue weighted by molar-refractivity contribution is 7.27. The number of carbonyl (C=O) groups excluding carboxylic acids is 1. The van der Waals surface area contributed by atoms with Crippen LogP contribution in [0.25, 0.3) is 0 Å². The molecule has 1 atom stereocenters. The summed E-state index contributed by atoms with van der Waals surface area (Å²) >= 11 is 7.18. The molecular formula is C18H31ClOSi2. The normalized spacial score (nSPS) is 14.6. The fourth-order valence-corrected chi connectivity index (χ4v) is 8.76. The van der Waals surface area contributed by atoms with E-state index in [-0.39, 0.29) is 0 Å². The fourth-order valence-electron chi connectivity index (χ4n) is 2.83. The third-order valence-corrected chi connectivity index (χ3v) is 11.4. The Bertz CT molecular complexity index is 456. The van der Waals surface area contributed by atoms with Crippen LogP contribution in [0.1, 0.15) is 32.6 Å². The van der Waals surface area contributed by atoms with Crippen LogP contribution in [0.15, 0.2) is 30.3 Å². The van der Waals surface area contributed by atoms with Crippen LogP contribution in [-0.4, -0.2) is 21.2 Å². The van der Waals surface area contributed by atoms with Gasteiger partial charge in [0, 0.05) is 14.5 Å². The van der Waals surface area contributed by atoms with Crippen LogP contribution in [0.4, 0.5) is 0 Å². The molecule has 0 saturated heterocycles. The number of ketones is 1. The summed E-state index contributed by atoms with van der Waals surface area (Å²) in [6.07, 6.45) is 4.02. The molecule has 0 aromatic heterocycles. The van der Waals surface area contributed by atoms with E-state index in [0.29, 0.717) is 12.2 Å². The zero-order chi connectivity index (χ0) is 16.6. The molecule has 22 heavy (non-hydrogen) atoms. The van der Waals surface area contributed by atoms with Crippen LogP contribution in [0.3, 0.4) is 0 Å². The van der Waals surface area contributed by atoms with Gasteiger partial charge in [0.2, 0.25) is 0 Å². The summed E-state index contributed by atoms with van der Waals surface area (Å²) in [5.74, 6) is 0.292. The summed E-state index contributed by atoms with van der Waals surface area (Å²) in [6.45, 7) is 8.97. The number of rotatable bonds is 10. The van der Waals surface area contributed by atoms with Crippen molar-refractivity contribution in [3.8, 4) is 0 Å². The maximum Gasteiger partial charge on any atom is 0.186 e. The molecule has 0 N–H and O–H groups in total. The predicted octanol–water partition coefficient (Wildman–Crippen LogP) is 5.57. The number of unbranched alkanes of at least 4 members (excludes halogenated alkanes) is 1. The summed E-state index contributed by atoms with van der Waals surface area (Å²) < 4.78 is 0. The summed E-state index contributed by atoms with van der Waals surface area (Å²) in [4.78, 5) is 11.1. The van der Waals surface area contributed by atoms with E-state index in [1.165, 1.54) is 23.7 Å². The number of carbonyl (C=O) groups is 1. The highest BCUT2D eigenvalue weighted by atomic mass is 35.6. The highest BCUT2D eigenvalue weighted by Gasteiger charge is 2.32. The van der Waals surface area contributed by atoms with Crippen LogP contribution < -0.4 is 5.19 Å². The Morgan fingerprint density at radius 2 is 1.55 bits per heavy atom. The van der Waals surface area contributed by atoms with Gasteiger partial charge in [-0.15, -0.1) is 0 Å². The Morgan fingerprint density at radius 3 is 2.09 bits per heavy atom. The molecule has 1 rings (SSSR count). The summed E-state index contributed by atoms with van der Waals surface area (Å²) in [6, 6.07) is 14.3. The first-order chi connectivity index (χ1) is 10.2. The minimum absolute atomic E-state index is 0.292. The van der Waals surface area contributed by atoms with Gasteiger partial charge >= 0.3 is 0 Å². The molecular weight excluding hydrogens is 324 g/mol. The predicted molar refractivity (Wildman–Crippen MR) is 105 cm³/mol. The molecule has 0 fully saturated rings. The second-order valence-electron chi connectivity index (χ2n) is 7.65. The van der Waals surface area contributed by atoms with Crippen LogP contribution in [0, 0.1) is 0 Å². The first kappa shape index (κ1) is 19.7. The van der Waals surface area contributed by atoms with Crippen LogP contribution >= 0.6 is 11.1 Å². The molecule has 0 bridgehead atoms. The summed E-state index contributed by atoms with van der Waals surface area (Å²) in [5.41, 5.74) is 0. The molecule has 1 unspecified atom stereocenters. The number of Topliss-reactive ketones (excluding diaryl/α,β-unsaturated/α-hetero) is 1.